The van der Waals surface area contributed by atoms with Crippen LogP contribution >= 0.6 is 0 Å². The highest BCUT2D eigenvalue weighted by atomic mass is 16.5. The minimum absolute atomic E-state index is 0.0248. The molecule has 1 aromatic carbocycles. The number of nitrogens with zero attached hydrogens (tertiary/aromatic N) is 2. The number of aryl methyl sites for hydroxylation is 1. The summed E-state index contributed by atoms with van der Waals surface area (Å²) < 4.78 is 16.3. The van der Waals surface area contributed by atoms with Gasteiger partial charge in [0.05, 0.1) is 0 Å². The van der Waals surface area contributed by atoms with E-state index in [-0.39, 0.29) is 11.5 Å². The van der Waals surface area contributed by atoms with Gasteiger partial charge in [-0.3, -0.25) is 9.69 Å². The normalized spacial score (nSPS) is 16.2. The summed E-state index contributed by atoms with van der Waals surface area (Å²) >= 11 is 0. The molecule has 7 heteroatoms. The van der Waals surface area contributed by atoms with Gasteiger partial charge in [0.15, 0.2) is 6.10 Å². The Morgan fingerprint density at radius 1 is 1.17 bits per heavy atom. The first kappa shape index (κ1) is 21.3. The number of carbonyl (C=O) groups excluding carboxylic acids is 1. The molecule has 1 unspecified atom stereocenters. The molecular formula is C22H30N2O5. The second-order valence-electron chi connectivity index (χ2n) is 7.57. The average Bonchev–Trinajstić information content (AvgIpc) is 2.72. The zero-order valence-corrected chi connectivity index (χ0v) is 17.7. The van der Waals surface area contributed by atoms with Crippen molar-refractivity contribution in [3.05, 3.63) is 39.7 Å². The summed E-state index contributed by atoms with van der Waals surface area (Å²) in [6.07, 6.45) is 0.395. The maximum absolute atomic E-state index is 12.8. The van der Waals surface area contributed by atoms with E-state index >= 15 is 0 Å². The molecule has 2 heterocycles. The number of ether oxygens (including phenoxy) is 2. The number of fused-ring (bicyclic) bond motifs is 1. The molecule has 29 heavy (non-hydrogen) atoms. The van der Waals surface area contributed by atoms with Crippen molar-refractivity contribution in [3.8, 4) is 5.75 Å². The molecule has 158 valence electrons. The van der Waals surface area contributed by atoms with Gasteiger partial charge < -0.3 is 18.8 Å². The summed E-state index contributed by atoms with van der Waals surface area (Å²) in [6.45, 7) is 10.3. The molecule has 3 rings (SSSR count). The van der Waals surface area contributed by atoms with Crippen LogP contribution in [0, 0.1) is 13.8 Å². The molecule has 0 saturated carbocycles. The summed E-state index contributed by atoms with van der Waals surface area (Å²) in [4.78, 5) is 28.9. The Balaban J connectivity index is 1.60. The standard InChI is InChI=1S/C22H30N2O5/c1-15-16(2)22(26)29-20-14-18(6-7-19(15)20)28-17(3)21(25)24-11-9-23(10-12-24)8-5-13-27-4/h6-7,14,17H,5,8-13H2,1-4H3. The maximum Gasteiger partial charge on any atom is 0.339 e. The Morgan fingerprint density at radius 3 is 2.59 bits per heavy atom. The first-order valence-corrected chi connectivity index (χ1v) is 10.1. The zero-order chi connectivity index (χ0) is 21.0. The van der Waals surface area contributed by atoms with Crippen molar-refractivity contribution in [2.24, 2.45) is 0 Å². The van der Waals surface area contributed by atoms with Crippen molar-refractivity contribution in [2.75, 3.05) is 46.4 Å². The van der Waals surface area contributed by atoms with Crippen LogP contribution in [0.4, 0.5) is 0 Å². The van der Waals surface area contributed by atoms with Gasteiger partial charge in [0.25, 0.3) is 5.91 Å². The fourth-order valence-corrected chi connectivity index (χ4v) is 3.64. The number of hydrogen-bond donors (Lipinski definition) is 0. The van der Waals surface area contributed by atoms with Gasteiger partial charge in [-0.05, 0) is 44.9 Å². The Kier molecular flexibility index (Phi) is 6.92. The molecule has 1 aromatic heterocycles. The Morgan fingerprint density at radius 2 is 1.90 bits per heavy atom. The smallest absolute Gasteiger partial charge is 0.339 e. The van der Waals surface area contributed by atoms with E-state index in [9.17, 15) is 9.59 Å². The lowest BCUT2D eigenvalue weighted by molar-refractivity contribution is -0.139. The van der Waals surface area contributed by atoms with Crippen LogP contribution in [0.5, 0.6) is 5.75 Å². The van der Waals surface area contributed by atoms with Gasteiger partial charge in [0.2, 0.25) is 0 Å². The van der Waals surface area contributed by atoms with Crippen molar-refractivity contribution in [1.82, 2.24) is 9.80 Å². The molecule has 1 aliphatic rings. The monoisotopic (exact) mass is 402 g/mol. The van der Waals surface area contributed by atoms with Crippen LogP contribution in [0.3, 0.4) is 0 Å². The topological polar surface area (TPSA) is 72.2 Å². The highest BCUT2D eigenvalue weighted by Gasteiger charge is 2.26. The van der Waals surface area contributed by atoms with Crippen molar-refractivity contribution in [3.63, 3.8) is 0 Å². The third-order valence-electron chi connectivity index (χ3n) is 5.60. The van der Waals surface area contributed by atoms with E-state index in [2.05, 4.69) is 4.90 Å². The first-order chi connectivity index (χ1) is 13.9. The highest BCUT2D eigenvalue weighted by Crippen LogP contribution is 2.24. The summed E-state index contributed by atoms with van der Waals surface area (Å²) in [5, 5.41) is 0.873. The number of methoxy groups -OCH3 is 1. The molecule has 0 spiro atoms. The minimum Gasteiger partial charge on any atom is -0.481 e. The lowest BCUT2D eigenvalue weighted by Crippen LogP contribution is -2.52. The van der Waals surface area contributed by atoms with Crippen molar-refractivity contribution < 1.29 is 18.7 Å². The molecule has 0 N–H and O–H groups in total. The van der Waals surface area contributed by atoms with Crippen LogP contribution in [-0.4, -0.2) is 68.3 Å². The molecule has 0 bridgehead atoms. The second kappa shape index (κ2) is 9.41. The minimum atomic E-state index is -0.606. The van der Waals surface area contributed by atoms with Crippen LogP contribution in [0.2, 0.25) is 0 Å². The van der Waals surface area contributed by atoms with Gasteiger partial charge in [-0.1, -0.05) is 0 Å². The van der Waals surface area contributed by atoms with Gasteiger partial charge in [-0.25, -0.2) is 4.79 Å². The van der Waals surface area contributed by atoms with Gasteiger partial charge in [-0.2, -0.15) is 0 Å². The molecule has 1 saturated heterocycles. The predicted molar refractivity (Wildman–Crippen MR) is 112 cm³/mol. The number of hydrogen-bond acceptors (Lipinski definition) is 6. The molecule has 0 aliphatic carbocycles. The van der Waals surface area contributed by atoms with Crippen LogP contribution in [0.1, 0.15) is 24.5 Å². The van der Waals surface area contributed by atoms with Gasteiger partial charge in [0.1, 0.15) is 11.3 Å². The van der Waals surface area contributed by atoms with E-state index in [0.717, 1.165) is 43.6 Å². The molecule has 2 aromatic rings. The molecule has 0 radical (unpaired) electrons. The van der Waals surface area contributed by atoms with E-state index in [1.807, 2.05) is 24.0 Å². The molecular weight excluding hydrogens is 372 g/mol. The fourth-order valence-electron chi connectivity index (χ4n) is 3.64. The molecule has 1 fully saturated rings. The fraction of sp³-hybridized carbons (Fsp3) is 0.545. The van der Waals surface area contributed by atoms with Crippen molar-refractivity contribution in [2.45, 2.75) is 33.3 Å². The second-order valence-corrected chi connectivity index (χ2v) is 7.57. The predicted octanol–water partition coefficient (Wildman–Crippen LogP) is 2.36. The lowest BCUT2D eigenvalue weighted by Gasteiger charge is -2.35. The van der Waals surface area contributed by atoms with Crippen molar-refractivity contribution >= 4 is 16.9 Å². The molecule has 1 atom stereocenters. The zero-order valence-electron chi connectivity index (χ0n) is 17.7. The number of amides is 1. The summed E-state index contributed by atoms with van der Waals surface area (Å²) in [6, 6.07) is 5.36. The number of carbonyl (C=O) groups is 1. The molecule has 7 nitrogen and oxygen atoms in total. The maximum atomic E-state index is 12.8. The largest absolute Gasteiger partial charge is 0.481 e. The van der Waals surface area contributed by atoms with Crippen LogP contribution < -0.4 is 10.4 Å². The summed E-state index contributed by atoms with van der Waals surface area (Å²) in [5.41, 5.74) is 1.63. The quantitative estimate of drug-likeness (QED) is 0.523. The van der Waals surface area contributed by atoms with E-state index in [1.165, 1.54) is 0 Å². The van der Waals surface area contributed by atoms with Crippen molar-refractivity contribution in [1.29, 1.82) is 0 Å². The SMILES string of the molecule is COCCCN1CCN(C(=O)C(C)Oc2ccc3c(C)c(C)c(=O)oc3c2)CC1. The lowest BCUT2D eigenvalue weighted by atomic mass is 10.1. The van der Waals surface area contributed by atoms with Gasteiger partial charge in [-0.15, -0.1) is 0 Å². The first-order valence-electron chi connectivity index (χ1n) is 10.1. The number of piperazine rings is 1. The number of rotatable bonds is 7. The van der Waals surface area contributed by atoms with E-state index < -0.39 is 6.10 Å². The van der Waals surface area contributed by atoms with Crippen LogP contribution in [0.25, 0.3) is 11.0 Å². The van der Waals surface area contributed by atoms with E-state index in [0.29, 0.717) is 30.0 Å². The summed E-state index contributed by atoms with van der Waals surface area (Å²) in [5.74, 6) is 0.492. The Hall–Kier alpha value is -2.38. The molecule has 1 aliphatic heterocycles. The molecule has 1 amide bonds. The van der Waals surface area contributed by atoms with E-state index in [1.54, 1.807) is 27.0 Å². The van der Waals surface area contributed by atoms with E-state index in [4.69, 9.17) is 13.9 Å². The summed E-state index contributed by atoms with van der Waals surface area (Å²) in [7, 11) is 1.71. The Labute approximate surface area is 171 Å². The van der Waals surface area contributed by atoms with Crippen LogP contribution in [-0.2, 0) is 9.53 Å². The Bertz CT molecular complexity index is 915. The highest BCUT2D eigenvalue weighted by molar-refractivity contribution is 5.83. The van der Waals surface area contributed by atoms with Gasteiger partial charge >= 0.3 is 5.63 Å². The third-order valence-corrected chi connectivity index (χ3v) is 5.60. The van der Waals surface area contributed by atoms with Gasteiger partial charge in [0, 0.05) is 63.5 Å². The number of benzene rings is 1. The average molecular weight is 402 g/mol. The van der Waals surface area contributed by atoms with Crippen LogP contribution in [0.15, 0.2) is 27.4 Å². The third kappa shape index (κ3) is 4.97.